The molecule has 2 aromatic heterocycles. The summed E-state index contributed by atoms with van der Waals surface area (Å²) in [7, 11) is 0. The fourth-order valence-electron chi connectivity index (χ4n) is 4.20. The molecular formula is C18H26N4O2. The van der Waals surface area contributed by atoms with Crippen molar-refractivity contribution in [1.29, 1.82) is 0 Å². The van der Waals surface area contributed by atoms with E-state index in [1.807, 2.05) is 12.4 Å². The number of aliphatic hydroxyl groups is 1. The number of rotatable bonds is 2. The first-order valence-electron chi connectivity index (χ1n) is 8.95. The van der Waals surface area contributed by atoms with E-state index in [2.05, 4.69) is 40.0 Å². The van der Waals surface area contributed by atoms with Gasteiger partial charge in [0.1, 0.15) is 0 Å². The third kappa shape index (κ3) is 2.78. The van der Waals surface area contributed by atoms with Gasteiger partial charge in [0, 0.05) is 25.7 Å². The van der Waals surface area contributed by atoms with Crippen molar-refractivity contribution in [3.8, 4) is 0 Å². The average molecular weight is 330 g/mol. The van der Waals surface area contributed by atoms with E-state index < -0.39 is 0 Å². The Morgan fingerprint density at radius 2 is 2.17 bits per heavy atom. The molecule has 2 aliphatic rings. The van der Waals surface area contributed by atoms with Crippen LogP contribution in [-0.2, 0) is 4.74 Å². The van der Waals surface area contributed by atoms with Crippen molar-refractivity contribution in [3.63, 3.8) is 0 Å². The van der Waals surface area contributed by atoms with E-state index in [1.54, 1.807) is 0 Å². The second-order valence-electron chi connectivity index (χ2n) is 7.63. The summed E-state index contributed by atoms with van der Waals surface area (Å²) in [6.45, 7) is 6.22. The van der Waals surface area contributed by atoms with Crippen molar-refractivity contribution in [2.75, 3.05) is 18.0 Å². The number of piperidine rings is 1. The molecule has 2 aromatic rings. The summed E-state index contributed by atoms with van der Waals surface area (Å²) in [5.74, 6) is 0.445. The first kappa shape index (κ1) is 15.8. The van der Waals surface area contributed by atoms with Crippen molar-refractivity contribution in [1.82, 2.24) is 15.2 Å². The number of ether oxygens (including phenoxy) is 1. The molecule has 0 bridgehead atoms. The van der Waals surface area contributed by atoms with Crippen LogP contribution in [0.25, 0.3) is 11.0 Å². The SMILES string of the molecule is CC(C)[C@H]1C[C@@H](O)CC2(CCN(c3ccnc4[nH]ncc34)CC2)O1. The second kappa shape index (κ2) is 6.01. The van der Waals surface area contributed by atoms with E-state index >= 15 is 0 Å². The van der Waals surface area contributed by atoms with Gasteiger partial charge in [-0.2, -0.15) is 5.10 Å². The first-order chi connectivity index (χ1) is 11.6. The number of fused-ring (bicyclic) bond motifs is 1. The van der Waals surface area contributed by atoms with Crippen molar-refractivity contribution < 1.29 is 9.84 Å². The zero-order chi connectivity index (χ0) is 16.7. The zero-order valence-electron chi connectivity index (χ0n) is 14.4. The van der Waals surface area contributed by atoms with Gasteiger partial charge in [0.25, 0.3) is 0 Å². The highest BCUT2D eigenvalue weighted by atomic mass is 16.5. The second-order valence-corrected chi connectivity index (χ2v) is 7.63. The smallest absolute Gasteiger partial charge is 0.157 e. The lowest BCUT2D eigenvalue weighted by molar-refractivity contribution is -0.183. The van der Waals surface area contributed by atoms with Crippen molar-refractivity contribution in [2.24, 2.45) is 5.92 Å². The van der Waals surface area contributed by atoms with Crippen LogP contribution in [0.5, 0.6) is 0 Å². The van der Waals surface area contributed by atoms with Gasteiger partial charge in [-0.3, -0.25) is 5.10 Å². The number of H-pyrrole nitrogens is 1. The number of aromatic nitrogens is 3. The summed E-state index contributed by atoms with van der Waals surface area (Å²) in [5.41, 5.74) is 1.85. The highest BCUT2D eigenvalue weighted by Crippen LogP contribution is 2.40. The van der Waals surface area contributed by atoms with Crippen LogP contribution >= 0.6 is 0 Å². The fraction of sp³-hybridized carbons (Fsp3) is 0.667. The van der Waals surface area contributed by atoms with Gasteiger partial charge in [0.2, 0.25) is 0 Å². The van der Waals surface area contributed by atoms with Crippen molar-refractivity contribution in [2.45, 2.75) is 57.3 Å². The standard InChI is InChI=1S/C18H26N4O2/c1-12(2)16-9-13(23)10-18(24-16)4-7-22(8-5-18)15-3-6-19-17-14(15)11-20-21-17/h3,6,11-13,16,23H,4-5,7-10H2,1-2H3,(H,19,20,21)/t13-,16-/m1/s1. The van der Waals surface area contributed by atoms with E-state index in [-0.39, 0.29) is 17.8 Å². The molecule has 2 N–H and O–H groups in total. The Balaban J connectivity index is 1.51. The maximum absolute atomic E-state index is 10.3. The zero-order valence-corrected chi connectivity index (χ0v) is 14.4. The average Bonchev–Trinajstić information content (AvgIpc) is 3.03. The largest absolute Gasteiger partial charge is 0.393 e. The Labute approximate surface area is 142 Å². The van der Waals surface area contributed by atoms with Crippen LogP contribution in [0.15, 0.2) is 18.5 Å². The minimum atomic E-state index is -0.237. The quantitative estimate of drug-likeness (QED) is 0.885. The molecule has 24 heavy (non-hydrogen) atoms. The predicted molar refractivity (Wildman–Crippen MR) is 93.0 cm³/mol. The topological polar surface area (TPSA) is 74.3 Å². The molecule has 0 saturated carbocycles. The van der Waals surface area contributed by atoms with Gasteiger partial charge in [0.05, 0.1) is 35.1 Å². The molecule has 2 aliphatic heterocycles. The minimum Gasteiger partial charge on any atom is -0.393 e. The van der Waals surface area contributed by atoms with Crippen LogP contribution in [0.3, 0.4) is 0 Å². The molecule has 2 saturated heterocycles. The molecule has 1 spiro atoms. The van der Waals surface area contributed by atoms with Gasteiger partial charge >= 0.3 is 0 Å². The van der Waals surface area contributed by atoms with Crippen LogP contribution in [0.2, 0.25) is 0 Å². The summed E-state index contributed by atoms with van der Waals surface area (Å²) < 4.78 is 6.49. The minimum absolute atomic E-state index is 0.161. The van der Waals surface area contributed by atoms with Gasteiger partial charge in [-0.25, -0.2) is 4.98 Å². The van der Waals surface area contributed by atoms with Crippen LogP contribution in [-0.4, -0.2) is 51.2 Å². The van der Waals surface area contributed by atoms with Crippen LogP contribution in [0.1, 0.15) is 39.5 Å². The molecule has 0 amide bonds. The van der Waals surface area contributed by atoms with Gasteiger partial charge in [-0.05, 0) is 31.2 Å². The Bertz CT molecular complexity index is 706. The first-order valence-corrected chi connectivity index (χ1v) is 8.95. The predicted octanol–water partition coefficient (Wildman–Crippen LogP) is 2.49. The molecule has 0 aromatic carbocycles. The Morgan fingerprint density at radius 1 is 1.38 bits per heavy atom. The number of aliphatic hydroxyl groups excluding tert-OH is 1. The van der Waals surface area contributed by atoms with Gasteiger partial charge < -0.3 is 14.7 Å². The number of hydrogen-bond donors (Lipinski definition) is 2. The van der Waals surface area contributed by atoms with Gasteiger partial charge in [-0.15, -0.1) is 0 Å². The van der Waals surface area contributed by atoms with E-state index in [0.717, 1.165) is 49.8 Å². The van der Waals surface area contributed by atoms with Crippen LogP contribution in [0, 0.1) is 5.92 Å². The molecule has 0 radical (unpaired) electrons. The molecule has 6 heteroatoms. The molecule has 130 valence electrons. The third-order valence-corrected chi connectivity index (χ3v) is 5.60. The Kier molecular flexibility index (Phi) is 3.96. The van der Waals surface area contributed by atoms with Crippen LogP contribution < -0.4 is 4.90 Å². The van der Waals surface area contributed by atoms with Gasteiger partial charge in [0.15, 0.2) is 5.65 Å². The molecule has 2 fully saturated rings. The number of pyridine rings is 1. The molecule has 0 aliphatic carbocycles. The number of nitrogens with one attached hydrogen (secondary N) is 1. The number of aromatic amines is 1. The molecular weight excluding hydrogens is 304 g/mol. The van der Waals surface area contributed by atoms with E-state index in [9.17, 15) is 5.11 Å². The lowest BCUT2D eigenvalue weighted by Gasteiger charge is -2.49. The monoisotopic (exact) mass is 330 g/mol. The maximum atomic E-state index is 10.3. The summed E-state index contributed by atoms with van der Waals surface area (Å²) in [5, 5.41) is 18.4. The molecule has 2 atom stereocenters. The molecule has 4 heterocycles. The van der Waals surface area contributed by atoms with Crippen LogP contribution in [0.4, 0.5) is 5.69 Å². The van der Waals surface area contributed by atoms with Crippen molar-refractivity contribution in [3.05, 3.63) is 18.5 Å². The molecule has 4 rings (SSSR count). The molecule has 6 nitrogen and oxygen atoms in total. The maximum Gasteiger partial charge on any atom is 0.157 e. The lowest BCUT2D eigenvalue weighted by atomic mass is 9.80. The van der Waals surface area contributed by atoms with E-state index in [1.165, 1.54) is 5.69 Å². The van der Waals surface area contributed by atoms with E-state index in [4.69, 9.17) is 4.74 Å². The Morgan fingerprint density at radius 3 is 2.92 bits per heavy atom. The summed E-state index contributed by atoms with van der Waals surface area (Å²) in [6.07, 6.45) is 7.04. The van der Waals surface area contributed by atoms with Gasteiger partial charge in [-0.1, -0.05) is 13.8 Å². The number of nitrogens with zero attached hydrogens (tertiary/aromatic N) is 3. The molecule has 0 unspecified atom stereocenters. The fourth-order valence-corrected chi connectivity index (χ4v) is 4.20. The lowest BCUT2D eigenvalue weighted by Crippen LogP contribution is -2.53. The Hall–Kier alpha value is -1.66. The number of hydrogen-bond acceptors (Lipinski definition) is 5. The third-order valence-electron chi connectivity index (χ3n) is 5.60. The normalized spacial score (nSPS) is 27.2. The van der Waals surface area contributed by atoms with E-state index in [0.29, 0.717) is 5.92 Å². The summed E-state index contributed by atoms with van der Waals surface area (Å²) in [6, 6.07) is 2.06. The number of anilines is 1. The highest BCUT2D eigenvalue weighted by molar-refractivity contribution is 5.88. The summed E-state index contributed by atoms with van der Waals surface area (Å²) >= 11 is 0. The van der Waals surface area contributed by atoms with Crippen molar-refractivity contribution >= 4 is 16.7 Å². The highest BCUT2D eigenvalue weighted by Gasteiger charge is 2.44. The summed E-state index contributed by atoms with van der Waals surface area (Å²) in [4.78, 5) is 6.71.